The van der Waals surface area contributed by atoms with E-state index in [2.05, 4.69) is 15.0 Å². The molecule has 0 atom stereocenters. The summed E-state index contributed by atoms with van der Waals surface area (Å²) >= 11 is 0. The molecule has 1 amide bonds. The molecule has 1 aromatic heterocycles. The van der Waals surface area contributed by atoms with E-state index in [4.69, 9.17) is 0 Å². The smallest absolute Gasteiger partial charge is 0.325 e. The molecular formula is C10H12N2O4. The third-order valence-corrected chi connectivity index (χ3v) is 1.92. The molecule has 16 heavy (non-hydrogen) atoms. The number of aryl methyl sites for hydroxylation is 1. The zero-order valence-corrected chi connectivity index (χ0v) is 8.99. The molecule has 0 spiro atoms. The SMILES string of the molecule is COC(=O)CNC(=O)c1ccc(C)[nH]c1=O. The highest BCUT2D eigenvalue weighted by atomic mass is 16.5. The largest absolute Gasteiger partial charge is 0.468 e. The maximum absolute atomic E-state index is 11.5. The van der Waals surface area contributed by atoms with Crippen molar-refractivity contribution < 1.29 is 14.3 Å². The quantitative estimate of drug-likeness (QED) is 0.683. The maximum Gasteiger partial charge on any atom is 0.325 e. The summed E-state index contributed by atoms with van der Waals surface area (Å²) in [6, 6.07) is 3.01. The van der Waals surface area contributed by atoms with Gasteiger partial charge < -0.3 is 15.0 Å². The van der Waals surface area contributed by atoms with Crippen molar-refractivity contribution in [1.29, 1.82) is 0 Å². The first-order valence-electron chi connectivity index (χ1n) is 4.59. The Morgan fingerprint density at radius 3 is 2.69 bits per heavy atom. The number of ether oxygens (including phenoxy) is 1. The molecule has 1 heterocycles. The number of esters is 1. The van der Waals surface area contributed by atoms with Crippen molar-refractivity contribution in [3.8, 4) is 0 Å². The highest BCUT2D eigenvalue weighted by Crippen LogP contribution is 1.93. The summed E-state index contributed by atoms with van der Waals surface area (Å²) in [7, 11) is 1.22. The molecular weight excluding hydrogens is 212 g/mol. The van der Waals surface area contributed by atoms with Gasteiger partial charge in [-0.05, 0) is 19.1 Å². The fourth-order valence-corrected chi connectivity index (χ4v) is 1.07. The molecule has 0 saturated heterocycles. The summed E-state index contributed by atoms with van der Waals surface area (Å²) in [4.78, 5) is 36.1. The van der Waals surface area contributed by atoms with Gasteiger partial charge in [0.25, 0.3) is 11.5 Å². The minimum Gasteiger partial charge on any atom is -0.468 e. The van der Waals surface area contributed by atoms with Gasteiger partial charge in [0, 0.05) is 5.69 Å². The van der Waals surface area contributed by atoms with Gasteiger partial charge in [0.1, 0.15) is 12.1 Å². The minimum atomic E-state index is -0.605. The topological polar surface area (TPSA) is 88.3 Å². The van der Waals surface area contributed by atoms with Crippen LogP contribution in [0.5, 0.6) is 0 Å². The van der Waals surface area contributed by atoms with Gasteiger partial charge in [-0.25, -0.2) is 0 Å². The predicted octanol–water partition coefficient (Wildman–Crippen LogP) is -0.414. The third-order valence-electron chi connectivity index (χ3n) is 1.92. The number of hydrogen-bond donors (Lipinski definition) is 2. The van der Waals surface area contributed by atoms with Crippen LogP contribution in [0.1, 0.15) is 16.1 Å². The van der Waals surface area contributed by atoms with Crippen molar-refractivity contribution in [2.24, 2.45) is 0 Å². The summed E-state index contributed by atoms with van der Waals surface area (Å²) < 4.78 is 4.35. The van der Waals surface area contributed by atoms with Gasteiger partial charge in [-0.1, -0.05) is 0 Å². The molecule has 0 fully saturated rings. The Balaban J connectivity index is 2.74. The van der Waals surface area contributed by atoms with Crippen molar-refractivity contribution in [3.63, 3.8) is 0 Å². The number of nitrogens with one attached hydrogen (secondary N) is 2. The molecule has 0 aliphatic heterocycles. The second-order valence-electron chi connectivity index (χ2n) is 3.14. The van der Waals surface area contributed by atoms with Crippen LogP contribution in [0.15, 0.2) is 16.9 Å². The number of carbonyl (C=O) groups excluding carboxylic acids is 2. The molecule has 6 heteroatoms. The van der Waals surface area contributed by atoms with Crippen molar-refractivity contribution >= 4 is 11.9 Å². The summed E-state index contributed by atoms with van der Waals surface area (Å²) in [5.74, 6) is -1.18. The van der Waals surface area contributed by atoms with Gasteiger partial charge in [-0.15, -0.1) is 0 Å². The number of aromatic amines is 1. The number of rotatable bonds is 3. The van der Waals surface area contributed by atoms with Crippen LogP contribution in [0.4, 0.5) is 0 Å². The zero-order valence-electron chi connectivity index (χ0n) is 8.99. The average molecular weight is 224 g/mol. The van der Waals surface area contributed by atoms with E-state index in [0.29, 0.717) is 5.69 Å². The molecule has 1 rings (SSSR count). The van der Waals surface area contributed by atoms with Crippen LogP contribution in [0.2, 0.25) is 0 Å². The van der Waals surface area contributed by atoms with Gasteiger partial charge in [-0.2, -0.15) is 0 Å². The molecule has 0 bridgehead atoms. The normalized spacial score (nSPS) is 9.62. The van der Waals surface area contributed by atoms with E-state index in [0.717, 1.165) is 0 Å². The Hall–Kier alpha value is -2.11. The van der Waals surface area contributed by atoms with E-state index < -0.39 is 17.4 Å². The fraction of sp³-hybridized carbons (Fsp3) is 0.300. The average Bonchev–Trinajstić information content (AvgIpc) is 2.25. The van der Waals surface area contributed by atoms with E-state index in [9.17, 15) is 14.4 Å². The van der Waals surface area contributed by atoms with E-state index in [-0.39, 0.29) is 12.1 Å². The standard InChI is InChI=1S/C10H12N2O4/c1-6-3-4-7(10(15)12-6)9(14)11-5-8(13)16-2/h3-4H,5H2,1-2H3,(H,11,14)(H,12,15). The number of pyridine rings is 1. The molecule has 0 unspecified atom stereocenters. The monoisotopic (exact) mass is 224 g/mol. The highest BCUT2D eigenvalue weighted by Gasteiger charge is 2.11. The maximum atomic E-state index is 11.5. The van der Waals surface area contributed by atoms with Crippen LogP contribution in [0.3, 0.4) is 0 Å². The molecule has 0 radical (unpaired) electrons. The Labute approximate surface area is 91.6 Å². The summed E-state index contributed by atoms with van der Waals surface area (Å²) in [6.07, 6.45) is 0. The molecule has 6 nitrogen and oxygen atoms in total. The molecule has 0 saturated carbocycles. The lowest BCUT2D eigenvalue weighted by Crippen LogP contribution is -2.33. The number of amides is 1. The number of carbonyl (C=O) groups is 2. The molecule has 0 aromatic carbocycles. The summed E-state index contributed by atoms with van der Waals surface area (Å²) in [5, 5.41) is 2.28. The first-order chi connectivity index (χ1) is 7.54. The second kappa shape index (κ2) is 5.11. The zero-order chi connectivity index (χ0) is 12.1. The predicted molar refractivity (Wildman–Crippen MR) is 56.1 cm³/mol. The molecule has 1 aromatic rings. The first-order valence-corrected chi connectivity index (χ1v) is 4.59. The van der Waals surface area contributed by atoms with E-state index in [1.165, 1.54) is 13.2 Å². The van der Waals surface area contributed by atoms with Crippen molar-refractivity contribution in [1.82, 2.24) is 10.3 Å². The van der Waals surface area contributed by atoms with Crippen LogP contribution in [0.25, 0.3) is 0 Å². The van der Waals surface area contributed by atoms with E-state index >= 15 is 0 Å². The highest BCUT2D eigenvalue weighted by molar-refractivity contribution is 5.95. The number of methoxy groups -OCH3 is 1. The van der Waals surface area contributed by atoms with Crippen LogP contribution in [-0.2, 0) is 9.53 Å². The molecule has 86 valence electrons. The lowest BCUT2D eigenvalue weighted by Gasteiger charge is -2.03. The van der Waals surface area contributed by atoms with Crippen molar-refractivity contribution in [2.45, 2.75) is 6.92 Å². The first kappa shape index (κ1) is 12.0. The number of aromatic nitrogens is 1. The lowest BCUT2D eigenvalue weighted by atomic mass is 10.2. The Kier molecular flexibility index (Phi) is 3.82. The van der Waals surface area contributed by atoms with Crippen LogP contribution < -0.4 is 10.9 Å². The lowest BCUT2D eigenvalue weighted by molar-refractivity contribution is -0.139. The van der Waals surface area contributed by atoms with Gasteiger partial charge in [-0.3, -0.25) is 14.4 Å². The van der Waals surface area contributed by atoms with Crippen LogP contribution in [0, 0.1) is 6.92 Å². The van der Waals surface area contributed by atoms with Crippen LogP contribution in [-0.4, -0.2) is 30.5 Å². The fourth-order valence-electron chi connectivity index (χ4n) is 1.07. The third kappa shape index (κ3) is 2.94. The van der Waals surface area contributed by atoms with Gasteiger partial charge in [0.2, 0.25) is 0 Å². The number of H-pyrrole nitrogens is 1. The van der Waals surface area contributed by atoms with E-state index in [1.807, 2.05) is 0 Å². The molecule has 2 N–H and O–H groups in total. The Bertz CT molecular complexity index is 464. The van der Waals surface area contributed by atoms with Crippen molar-refractivity contribution in [3.05, 3.63) is 33.7 Å². The van der Waals surface area contributed by atoms with Gasteiger partial charge in [0.05, 0.1) is 7.11 Å². The molecule has 0 aliphatic rings. The van der Waals surface area contributed by atoms with E-state index in [1.54, 1.807) is 13.0 Å². The summed E-state index contributed by atoms with van der Waals surface area (Å²) in [5.41, 5.74) is 0.145. The van der Waals surface area contributed by atoms with Crippen molar-refractivity contribution in [2.75, 3.05) is 13.7 Å². The Morgan fingerprint density at radius 1 is 1.44 bits per heavy atom. The van der Waals surface area contributed by atoms with Crippen LogP contribution >= 0.6 is 0 Å². The second-order valence-corrected chi connectivity index (χ2v) is 3.14. The number of hydrogen-bond acceptors (Lipinski definition) is 4. The molecule has 0 aliphatic carbocycles. The summed E-state index contributed by atoms with van der Waals surface area (Å²) in [6.45, 7) is 1.44. The van der Waals surface area contributed by atoms with Gasteiger partial charge >= 0.3 is 5.97 Å². The minimum absolute atomic E-state index is 0.0329. The van der Waals surface area contributed by atoms with Gasteiger partial charge in [0.15, 0.2) is 0 Å². The Morgan fingerprint density at radius 2 is 2.12 bits per heavy atom.